The Labute approximate surface area is 169 Å². The molecule has 1 aliphatic rings. The maximum Gasteiger partial charge on any atom is 0.0832 e. The van der Waals surface area contributed by atoms with Crippen molar-refractivity contribution in [3.8, 4) is 0 Å². The molecule has 1 unspecified atom stereocenters. The van der Waals surface area contributed by atoms with E-state index in [9.17, 15) is 0 Å². The Kier molecular flexibility index (Phi) is 5.28. The highest BCUT2D eigenvalue weighted by molar-refractivity contribution is 6.35. The number of nitrogens with zero attached hydrogens (tertiary/aromatic N) is 2. The van der Waals surface area contributed by atoms with E-state index in [2.05, 4.69) is 36.4 Å². The second kappa shape index (κ2) is 7.99. The van der Waals surface area contributed by atoms with E-state index in [1.165, 1.54) is 5.56 Å². The van der Waals surface area contributed by atoms with Crippen molar-refractivity contribution < 1.29 is 0 Å². The van der Waals surface area contributed by atoms with Crippen LogP contribution in [0.5, 0.6) is 0 Å². The lowest BCUT2D eigenvalue weighted by molar-refractivity contribution is 0.709. The Balaban J connectivity index is 1.70. The third kappa shape index (κ3) is 4.08. The first-order valence-corrected chi connectivity index (χ1v) is 9.56. The van der Waals surface area contributed by atoms with Crippen LogP contribution in [0.2, 0.25) is 10.0 Å². The van der Waals surface area contributed by atoms with Crippen molar-refractivity contribution in [3.05, 3.63) is 106 Å². The van der Waals surface area contributed by atoms with Gasteiger partial charge in [-0.05, 0) is 35.4 Å². The third-order valence-corrected chi connectivity index (χ3v) is 5.10. The minimum absolute atomic E-state index is 0.0811. The van der Waals surface area contributed by atoms with Gasteiger partial charge in [-0.25, -0.2) is 0 Å². The lowest BCUT2D eigenvalue weighted by Gasteiger charge is -2.25. The fraction of sp³-hybridized carbons (Fsp3) is 0.0870. The Morgan fingerprint density at radius 2 is 1.56 bits per heavy atom. The Morgan fingerprint density at radius 1 is 0.852 bits per heavy atom. The van der Waals surface area contributed by atoms with Gasteiger partial charge >= 0.3 is 0 Å². The maximum atomic E-state index is 6.46. The highest BCUT2D eigenvalue weighted by Crippen LogP contribution is 2.40. The van der Waals surface area contributed by atoms with Crippen LogP contribution >= 0.6 is 23.2 Å². The molecule has 1 atom stereocenters. The number of anilines is 1. The van der Waals surface area contributed by atoms with Crippen molar-refractivity contribution in [1.82, 2.24) is 0 Å². The predicted octanol–water partition coefficient (Wildman–Crippen LogP) is 7.01. The molecule has 0 radical (unpaired) electrons. The maximum absolute atomic E-state index is 6.46. The Morgan fingerprint density at radius 3 is 2.30 bits per heavy atom. The number of hydrazone groups is 1. The van der Waals surface area contributed by atoms with Crippen molar-refractivity contribution in [1.29, 1.82) is 0 Å². The predicted molar refractivity (Wildman–Crippen MR) is 116 cm³/mol. The van der Waals surface area contributed by atoms with E-state index in [4.69, 9.17) is 28.3 Å². The van der Waals surface area contributed by atoms with Gasteiger partial charge in [-0.1, -0.05) is 89.9 Å². The van der Waals surface area contributed by atoms with E-state index in [1.54, 1.807) is 6.07 Å². The largest absolute Gasteiger partial charge is 0.256 e. The number of halogens is 2. The topological polar surface area (TPSA) is 15.6 Å². The number of benzene rings is 3. The van der Waals surface area contributed by atoms with E-state index in [-0.39, 0.29) is 6.04 Å². The average Bonchev–Trinajstić information content (AvgIpc) is 3.14. The summed E-state index contributed by atoms with van der Waals surface area (Å²) in [5.74, 6) is 0. The van der Waals surface area contributed by atoms with Crippen LogP contribution in [0.1, 0.15) is 23.6 Å². The van der Waals surface area contributed by atoms with Gasteiger partial charge < -0.3 is 0 Å². The summed E-state index contributed by atoms with van der Waals surface area (Å²) in [6, 6.07) is 26.1. The summed E-state index contributed by atoms with van der Waals surface area (Å²) < 4.78 is 0. The van der Waals surface area contributed by atoms with E-state index >= 15 is 0 Å². The third-order valence-electron chi connectivity index (χ3n) is 4.54. The highest BCUT2D eigenvalue weighted by Gasteiger charge is 2.29. The molecule has 0 N–H and O–H groups in total. The molecule has 0 spiro atoms. The van der Waals surface area contributed by atoms with Crippen LogP contribution < -0.4 is 5.01 Å². The molecule has 1 heterocycles. The summed E-state index contributed by atoms with van der Waals surface area (Å²) >= 11 is 12.7. The minimum atomic E-state index is 0.0811. The van der Waals surface area contributed by atoms with Gasteiger partial charge in [-0.15, -0.1) is 0 Å². The van der Waals surface area contributed by atoms with Crippen LogP contribution in [0.3, 0.4) is 0 Å². The van der Waals surface area contributed by atoms with Crippen molar-refractivity contribution in [2.45, 2.75) is 12.5 Å². The molecule has 134 valence electrons. The van der Waals surface area contributed by atoms with Crippen molar-refractivity contribution in [3.63, 3.8) is 0 Å². The van der Waals surface area contributed by atoms with Crippen LogP contribution in [0.15, 0.2) is 90.0 Å². The first-order chi connectivity index (χ1) is 13.2. The summed E-state index contributed by atoms with van der Waals surface area (Å²) in [6.07, 6.45) is 4.96. The summed E-state index contributed by atoms with van der Waals surface area (Å²) in [5.41, 5.74) is 4.17. The molecular formula is C23H18Cl2N2. The molecule has 1 aliphatic heterocycles. The van der Waals surface area contributed by atoms with Gasteiger partial charge in [0, 0.05) is 11.4 Å². The SMILES string of the molecule is Clc1ccc(Cl)c(N2N=C(C=Cc3ccccc3)CC2c2ccccc2)c1. The first-order valence-electron chi connectivity index (χ1n) is 8.80. The summed E-state index contributed by atoms with van der Waals surface area (Å²) in [7, 11) is 0. The zero-order valence-electron chi connectivity index (χ0n) is 14.6. The molecule has 27 heavy (non-hydrogen) atoms. The molecule has 3 aromatic carbocycles. The fourth-order valence-corrected chi connectivity index (χ4v) is 3.58. The number of rotatable bonds is 4. The summed E-state index contributed by atoms with van der Waals surface area (Å²) in [5, 5.41) is 8.11. The van der Waals surface area contributed by atoms with E-state index in [1.807, 2.05) is 53.5 Å². The van der Waals surface area contributed by atoms with Gasteiger partial charge in [0.05, 0.1) is 22.5 Å². The minimum Gasteiger partial charge on any atom is -0.256 e. The molecule has 4 rings (SSSR count). The molecule has 0 saturated carbocycles. The highest BCUT2D eigenvalue weighted by atomic mass is 35.5. The van der Waals surface area contributed by atoms with E-state index in [0.29, 0.717) is 10.0 Å². The van der Waals surface area contributed by atoms with Crippen molar-refractivity contribution in [2.24, 2.45) is 5.10 Å². The zero-order valence-corrected chi connectivity index (χ0v) is 16.1. The van der Waals surface area contributed by atoms with Gasteiger partial charge in [0.2, 0.25) is 0 Å². The molecule has 0 saturated heterocycles. The van der Waals surface area contributed by atoms with Gasteiger partial charge in [0.15, 0.2) is 0 Å². The smallest absolute Gasteiger partial charge is 0.0832 e. The van der Waals surface area contributed by atoms with Gasteiger partial charge in [-0.3, -0.25) is 5.01 Å². The second-order valence-electron chi connectivity index (χ2n) is 6.41. The Hall–Kier alpha value is -2.55. The molecule has 0 aliphatic carbocycles. The van der Waals surface area contributed by atoms with E-state index < -0.39 is 0 Å². The average molecular weight is 393 g/mol. The molecule has 2 nitrogen and oxygen atoms in total. The van der Waals surface area contributed by atoms with Crippen molar-refractivity contribution >= 4 is 40.7 Å². The fourth-order valence-electron chi connectivity index (χ4n) is 3.21. The summed E-state index contributed by atoms with van der Waals surface area (Å²) in [4.78, 5) is 0. The van der Waals surface area contributed by atoms with Crippen LogP contribution in [-0.4, -0.2) is 5.71 Å². The lowest BCUT2D eigenvalue weighted by Crippen LogP contribution is -2.18. The van der Waals surface area contributed by atoms with Crippen LogP contribution in [0.4, 0.5) is 5.69 Å². The summed E-state index contributed by atoms with van der Waals surface area (Å²) in [6.45, 7) is 0. The standard InChI is InChI=1S/C23H18Cl2N2/c24-19-12-14-21(25)23(15-19)27-22(18-9-5-2-6-10-18)16-20(26-27)13-11-17-7-3-1-4-8-17/h1-15,22H,16H2. The molecule has 4 heteroatoms. The zero-order chi connectivity index (χ0) is 18.6. The molecule has 0 fully saturated rings. The molecule has 3 aromatic rings. The molecule has 0 amide bonds. The lowest BCUT2D eigenvalue weighted by atomic mass is 10.0. The quantitative estimate of drug-likeness (QED) is 0.465. The van der Waals surface area contributed by atoms with Crippen molar-refractivity contribution in [2.75, 3.05) is 5.01 Å². The van der Waals surface area contributed by atoms with Gasteiger partial charge in [-0.2, -0.15) is 5.10 Å². The normalized spacial score (nSPS) is 16.7. The molecule has 0 aromatic heterocycles. The van der Waals surface area contributed by atoms with Gasteiger partial charge in [0.25, 0.3) is 0 Å². The number of hydrogen-bond donors (Lipinski definition) is 0. The second-order valence-corrected chi connectivity index (χ2v) is 7.25. The van der Waals surface area contributed by atoms with Crippen LogP contribution in [0, 0.1) is 0 Å². The van der Waals surface area contributed by atoms with Gasteiger partial charge in [0.1, 0.15) is 0 Å². The molecular weight excluding hydrogens is 375 g/mol. The van der Waals surface area contributed by atoms with E-state index in [0.717, 1.165) is 23.4 Å². The molecule has 0 bridgehead atoms. The number of allylic oxidation sites excluding steroid dienone is 1. The Bertz CT molecular complexity index is 982. The first kappa shape index (κ1) is 17.8. The van der Waals surface area contributed by atoms with Crippen LogP contribution in [0.25, 0.3) is 6.08 Å². The van der Waals surface area contributed by atoms with Crippen LogP contribution in [-0.2, 0) is 0 Å². The monoisotopic (exact) mass is 392 g/mol. The number of hydrogen-bond acceptors (Lipinski definition) is 2.